The summed E-state index contributed by atoms with van der Waals surface area (Å²) in [7, 11) is 5.77. The lowest BCUT2D eigenvalue weighted by atomic mass is 10.2. The first-order valence-electron chi connectivity index (χ1n) is 7.17. The molecule has 23 heavy (non-hydrogen) atoms. The van der Waals surface area contributed by atoms with E-state index < -0.39 is 11.2 Å². The van der Waals surface area contributed by atoms with Gasteiger partial charge in [0.15, 0.2) is 11.5 Å². The second-order valence-electron chi connectivity index (χ2n) is 6.07. The molecule has 3 rings (SSSR count). The zero-order chi connectivity index (χ0) is 16.6. The van der Waals surface area contributed by atoms with Gasteiger partial charge in [-0.25, -0.2) is 14.4 Å². The van der Waals surface area contributed by atoms with E-state index in [4.69, 9.17) is 0 Å². The van der Waals surface area contributed by atoms with Gasteiger partial charge in [-0.15, -0.1) is 0 Å². The number of aromatic nitrogens is 4. The maximum Gasteiger partial charge on any atom is 0.327 e. The van der Waals surface area contributed by atoms with Crippen molar-refractivity contribution < 1.29 is 0 Å². The SMILES string of the molecule is C[N+](C)(C)n1c(C=Cc2ccccc2)nc2[nH]c(=O)[nH]c(=O)c21. The van der Waals surface area contributed by atoms with E-state index in [0.29, 0.717) is 15.9 Å². The number of quaternary nitrogens is 1. The standard InChI is InChI=1S/C16H17N5O2/c1-21(2,3)20-12(10-9-11-7-5-4-6-8-11)17-14-13(20)15(22)19-16(23)18-14/h4-10H,1-3H3,(H-,18,19,22,23)/p+1. The number of hydrogen-bond donors (Lipinski definition) is 2. The van der Waals surface area contributed by atoms with E-state index in [1.54, 1.807) is 4.68 Å². The quantitative estimate of drug-likeness (QED) is 0.705. The average Bonchev–Trinajstić information content (AvgIpc) is 2.85. The fraction of sp³-hybridized carbons (Fsp3) is 0.188. The highest BCUT2D eigenvalue weighted by Crippen LogP contribution is 2.14. The van der Waals surface area contributed by atoms with Crippen LogP contribution in [0.15, 0.2) is 39.9 Å². The minimum atomic E-state index is -0.563. The number of H-pyrrole nitrogens is 2. The summed E-state index contributed by atoms with van der Waals surface area (Å²) < 4.78 is 2.10. The lowest BCUT2D eigenvalue weighted by Gasteiger charge is -2.25. The minimum absolute atomic E-state index is 0.277. The molecule has 2 heterocycles. The van der Waals surface area contributed by atoms with Crippen molar-refractivity contribution in [2.75, 3.05) is 21.1 Å². The van der Waals surface area contributed by atoms with E-state index in [-0.39, 0.29) is 5.65 Å². The Bertz CT molecular complexity index is 987. The van der Waals surface area contributed by atoms with Crippen LogP contribution in [0.5, 0.6) is 0 Å². The van der Waals surface area contributed by atoms with Crippen LogP contribution in [0.25, 0.3) is 23.3 Å². The molecule has 0 spiro atoms. The first-order valence-corrected chi connectivity index (χ1v) is 7.17. The summed E-state index contributed by atoms with van der Waals surface area (Å²) in [6, 6.07) is 9.80. The lowest BCUT2D eigenvalue weighted by molar-refractivity contribution is 0.266. The Morgan fingerprint density at radius 3 is 2.39 bits per heavy atom. The summed E-state index contributed by atoms with van der Waals surface area (Å²) >= 11 is 0. The van der Waals surface area contributed by atoms with Gasteiger partial charge in [-0.05, 0) is 11.6 Å². The topological polar surface area (TPSA) is 83.5 Å². The maximum atomic E-state index is 12.2. The van der Waals surface area contributed by atoms with E-state index in [2.05, 4.69) is 15.0 Å². The van der Waals surface area contributed by atoms with E-state index in [1.807, 2.05) is 63.6 Å². The normalized spacial score (nSPS) is 12.3. The highest BCUT2D eigenvalue weighted by Gasteiger charge is 2.23. The third kappa shape index (κ3) is 2.86. The smallest absolute Gasteiger partial charge is 0.290 e. The van der Waals surface area contributed by atoms with Gasteiger partial charge in [-0.2, -0.15) is 4.68 Å². The molecular weight excluding hydrogens is 294 g/mol. The molecule has 0 aliphatic rings. The molecule has 2 aromatic heterocycles. The van der Waals surface area contributed by atoms with Crippen LogP contribution in [-0.2, 0) is 0 Å². The molecule has 0 atom stereocenters. The number of nitrogens with zero attached hydrogens (tertiary/aromatic N) is 3. The zero-order valence-electron chi connectivity index (χ0n) is 13.2. The van der Waals surface area contributed by atoms with Crippen LogP contribution in [-0.4, -0.2) is 40.8 Å². The van der Waals surface area contributed by atoms with E-state index in [1.165, 1.54) is 0 Å². The van der Waals surface area contributed by atoms with E-state index in [0.717, 1.165) is 5.56 Å². The number of aromatic amines is 2. The van der Waals surface area contributed by atoms with Gasteiger partial charge in [0.25, 0.3) is 5.56 Å². The third-order valence-electron chi connectivity index (χ3n) is 3.38. The monoisotopic (exact) mass is 312 g/mol. The molecule has 0 bridgehead atoms. The second-order valence-corrected chi connectivity index (χ2v) is 6.07. The number of imidazole rings is 1. The summed E-state index contributed by atoms with van der Waals surface area (Å²) in [4.78, 5) is 32.9. The Labute approximate surface area is 132 Å². The van der Waals surface area contributed by atoms with Gasteiger partial charge in [-0.3, -0.25) is 14.8 Å². The molecule has 118 valence electrons. The molecule has 2 N–H and O–H groups in total. The van der Waals surface area contributed by atoms with Gasteiger partial charge < -0.3 is 0 Å². The number of benzene rings is 1. The Morgan fingerprint density at radius 2 is 1.74 bits per heavy atom. The van der Waals surface area contributed by atoms with Crippen molar-refractivity contribution in [1.29, 1.82) is 0 Å². The van der Waals surface area contributed by atoms with Crippen LogP contribution in [0, 0.1) is 0 Å². The first-order chi connectivity index (χ1) is 10.9. The molecule has 0 radical (unpaired) electrons. The summed E-state index contributed by atoms with van der Waals surface area (Å²) in [5.74, 6) is 0.587. The van der Waals surface area contributed by atoms with Crippen molar-refractivity contribution in [3.63, 3.8) is 0 Å². The average molecular weight is 312 g/mol. The van der Waals surface area contributed by atoms with Crippen LogP contribution in [0.3, 0.4) is 0 Å². The van der Waals surface area contributed by atoms with E-state index in [9.17, 15) is 9.59 Å². The molecular formula is C16H18N5O2+. The minimum Gasteiger partial charge on any atom is -0.290 e. The van der Waals surface area contributed by atoms with Crippen molar-refractivity contribution in [1.82, 2.24) is 24.2 Å². The van der Waals surface area contributed by atoms with Crippen molar-refractivity contribution in [2.24, 2.45) is 0 Å². The molecule has 0 aliphatic carbocycles. The number of hydrogen-bond acceptors (Lipinski definition) is 3. The van der Waals surface area contributed by atoms with Crippen molar-refractivity contribution in [3.05, 3.63) is 62.6 Å². The van der Waals surface area contributed by atoms with Crippen LogP contribution < -0.4 is 15.8 Å². The molecule has 0 amide bonds. The molecule has 3 aromatic rings. The van der Waals surface area contributed by atoms with Gasteiger partial charge in [0, 0.05) is 0 Å². The molecule has 0 saturated heterocycles. The Kier molecular flexibility index (Phi) is 3.49. The van der Waals surface area contributed by atoms with Crippen molar-refractivity contribution in [3.8, 4) is 0 Å². The molecule has 0 unspecified atom stereocenters. The van der Waals surface area contributed by atoms with E-state index >= 15 is 0 Å². The molecule has 0 saturated carbocycles. The Hall–Kier alpha value is -2.93. The summed E-state index contributed by atoms with van der Waals surface area (Å²) in [6.45, 7) is 0. The largest absolute Gasteiger partial charge is 0.327 e. The van der Waals surface area contributed by atoms with Crippen LogP contribution in [0.2, 0.25) is 0 Å². The van der Waals surface area contributed by atoms with Crippen LogP contribution in [0.1, 0.15) is 11.4 Å². The fourth-order valence-corrected chi connectivity index (χ4v) is 2.47. The van der Waals surface area contributed by atoms with Crippen LogP contribution >= 0.6 is 0 Å². The number of rotatable bonds is 3. The van der Waals surface area contributed by atoms with Gasteiger partial charge in [0.05, 0.1) is 21.1 Å². The predicted molar refractivity (Wildman–Crippen MR) is 91.6 cm³/mol. The number of nitrogens with one attached hydrogen (secondary N) is 2. The molecule has 0 fully saturated rings. The molecule has 1 aromatic carbocycles. The maximum absolute atomic E-state index is 12.2. The Morgan fingerprint density at radius 1 is 1.04 bits per heavy atom. The van der Waals surface area contributed by atoms with Crippen LogP contribution in [0.4, 0.5) is 0 Å². The lowest BCUT2D eigenvalue weighted by Crippen LogP contribution is -2.48. The Balaban J connectivity index is 2.24. The highest BCUT2D eigenvalue weighted by molar-refractivity contribution is 5.76. The van der Waals surface area contributed by atoms with Crippen molar-refractivity contribution >= 4 is 23.3 Å². The molecule has 0 aliphatic heterocycles. The van der Waals surface area contributed by atoms with Gasteiger partial charge >= 0.3 is 5.69 Å². The molecule has 7 nitrogen and oxygen atoms in total. The summed E-state index contributed by atoms with van der Waals surface area (Å²) in [5, 5.41) is 0. The summed E-state index contributed by atoms with van der Waals surface area (Å²) in [6.07, 6.45) is 3.75. The van der Waals surface area contributed by atoms with Gasteiger partial charge in [-0.1, -0.05) is 36.4 Å². The predicted octanol–water partition coefficient (Wildman–Crippen LogP) is 0.912. The van der Waals surface area contributed by atoms with Gasteiger partial charge in [0.1, 0.15) is 0 Å². The number of fused-ring (bicyclic) bond motifs is 1. The van der Waals surface area contributed by atoms with Gasteiger partial charge in [0.2, 0.25) is 5.52 Å². The first kappa shape index (κ1) is 15.0. The zero-order valence-corrected chi connectivity index (χ0v) is 13.2. The second kappa shape index (κ2) is 5.36. The highest BCUT2D eigenvalue weighted by atomic mass is 16.2. The fourth-order valence-electron chi connectivity index (χ4n) is 2.47. The van der Waals surface area contributed by atoms with Crippen molar-refractivity contribution in [2.45, 2.75) is 0 Å². The third-order valence-corrected chi connectivity index (χ3v) is 3.38. The summed E-state index contributed by atoms with van der Waals surface area (Å²) in [5.41, 5.74) is 0.620. The molecule has 7 heteroatoms.